The SMILES string of the molecule is CCCNC(c1cc(C)c(Br)s1)C1CC2CC2C1. The lowest BCUT2D eigenvalue weighted by atomic mass is 9.93. The third-order valence-corrected chi connectivity index (χ3v) is 6.77. The molecule has 0 aliphatic heterocycles. The first-order valence-electron chi connectivity index (χ1n) is 7.18. The lowest BCUT2D eigenvalue weighted by molar-refractivity contribution is 0.346. The lowest BCUT2D eigenvalue weighted by Gasteiger charge is -2.25. The summed E-state index contributed by atoms with van der Waals surface area (Å²) >= 11 is 5.60. The van der Waals surface area contributed by atoms with Crippen LogP contribution in [0, 0.1) is 24.7 Å². The average molecular weight is 328 g/mol. The fourth-order valence-electron chi connectivity index (χ4n) is 3.47. The molecule has 2 aliphatic carbocycles. The van der Waals surface area contributed by atoms with Crippen LogP contribution in [0.4, 0.5) is 0 Å². The molecule has 3 atom stereocenters. The van der Waals surface area contributed by atoms with Crippen molar-refractivity contribution in [2.75, 3.05) is 6.54 Å². The molecule has 3 unspecified atom stereocenters. The Hall–Kier alpha value is 0.140. The molecule has 2 saturated carbocycles. The molecule has 1 aromatic heterocycles. The van der Waals surface area contributed by atoms with E-state index in [9.17, 15) is 0 Å². The number of thiophene rings is 1. The van der Waals surface area contributed by atoms with Crippen molar-refractivity contribution in [3.63, 3.8) is 0 Å². The van der Waals surface area contributed by atoms with Crippen LogP contribution in [0.5, 0.6) is 0 Å². The fraction of sp³-hybridized carbons (Fsp3) is 0.733. The van der Waals surface area contributed by atoms with Crippen LogP contribution in [0.3, 0.4) is 0 Å². The van der Waals surface area contributed by atoms with Crippen molar-refractivity contribution in [3.8, 4) is 0 Å². The maximum Gasteiger partial charge on any atom is 0.0731 e. The van der Waals surface area contributed by atoms with Crippen molar-refractivity contribution in [3.05, 3.63) is 20.3 Å². The van der Waals surface area contributed by atoms with Crippen molar-refractivity contribution in [2.24, 2.45) is 17.8 Å². The molecular formula is C15H22BrNS. The van der Waals surface area contributed by atoms with Gasteiger partial charge in [-0.2, -0.15) is 0 Å². The Morgan fingerprint density at radius 3 is 2.67 bits per heavy atom. The van der Waals surface area contributed by atoms with Gasteiger partial charge < -0.3 is 5.32 Å². The highest BCUT2D eigenvalue weighted by atomic mass is 79.9. The van der Waals surface area contributed by atoms with Crippen LogP contribution in [0.1, 0.15) is 49.1 Å². The minimum Gasteiger partial charge on any atom is -0.309 e. The third-order valence-electron chi connectivity index (χ3n) is 4.55. The molecule has 0 aromatic carbocycles. The summed E-state index contributed by atoms with van der Waals surface area (Å²) < 4.78 is 1.31. The third kappa shape index (κ3) is 2.54. The highest BCUT2D eigenvalue weighted by Gasteiger charge is 2.48. The highest BCUT2D eigenvalue weighted by Crippen LogP contribution is 2.57. The summed E-state index contributed by atoms with van der Waals surface area (Å²) in [6.07, 6.45) is 5.66. The van der Waals surface area contributed by atoms with E-state index in [4.69, 9.17) is 0 Å². The number of nitrogens with one attached hydrogen (secondary N) is 1. The van der Waals surface area contributed by atoms with Crippen LogP contribution in [0.2, 0.25) is 0 Å². The summed E-state index contributed by atoms with van der Waals surface area (Å²) in [5.74, 6) is 3.03. The van der Waals surface area contributed by atoms with Gasteiger partial charge in [0.25, 0.3) is 0 Å². The molecule has 1 heterocycles. The van der Waals surface area contributed by atoms with Crippen molar-refractivity contribution in [1.29, 1.82) is 0 Å². The zero-order valence-corrected chi connectivity index (χ0v) is 13.6. The van der Waals surface area contributed by atoms with Crippen LogP contribution in [0.15, 0.2) is 9.85 Å². The Kier molecular flexibility index (Phi) is 3.84. The van der Waals surface area contributed by atoms with Gasteiger partial charge in [-0.3, -0.25) is 0 Å². The minimum absolute atomic E-state index is 0.604. The second-order valence-corrected chi connectivity index (χ2v) is 8.43. The van der Waals surface area contributed by atoms with Crippen molar-refractivity contribution in [1.82, 2.24) is 5.32 Å². The first-order chi connectivity index (χ1) is 8.69. The van der Waals surface area contributed by atoms with Crippen molar-refractivity contribution in [2.45, 2.75) is 45.6 Å². The van der Waals surface area contributed by atoms with E-state index in [2.05, 4.69) is 41.2 Å². The number of fused-ring (bicyclic) bond motifs is 1. The van der Waals surface area contributed by atoms with Gasteiger partial charge in [0.2, 0.25) is 0 Å². The number of halogens is 1. The predicted octanol–water partition coefficient (Wildman–Crippen LogP) is 4.91. The van der Waals surface area contributed by atoms with Crippen molar-refractivity contribution < 1.29 is 0 Å². The molecule has 3 heteroatoms. The number of aryl methyl sites for hydroxylation is 1. The number of hydrogen-bond acceptors (Lipinski definition) is 2. The predicted molar refractivity (Wildman–Crippen MR) is 82.1 cm³/mol. The lowest BCUT2D eigenvalue weighted by Crippen LogP contribution is -2.27. The molecule has 1 N–H and O–H groups in total. The van der Waals surface area contributed by atoms with Gasteiger partial charge in [-0.1, -0.05) is 6.92 Å². The summed E-state index contributed by atoms with van der Waals surface area (Å²) in [7, 11) is 0. The molecular weight excluding hydrogens is 306 g/mol. The molecule has 0 amide bonds. The maximum absolute atomic E-state index is 3.80. The van der Waals surface area contributed by atoms with Gasteiger partial charge in [-0.25, -0.2) is 0 Å². The van der Waals surface area contributed by atoms with Crippen LogP contribution in [0.25, 0.3) is 0 Å². The minimum atomic E-state index is 0.604. The van der Waals surface area contributed by atoms with E-state index >= 15 is 0 Å². The van der Waals surface area contributed by atoms with E-state index in [0.29, 0.717) is 6.04 Å². The average Bonchev–Trinajstić information content (AvgIpc) is 2.81. The molecule has 0 saturated heterocycles. The standard InChI is InChI=1S/C15H22BrNS/c1-3-4-17-14(12-7-10-6-11(10)8-12)13-5-9(2)15(16)18-13/h5,10-12,14,17H,3-4,6-8H2,1-2H3. The zero-order chi connectivity index (χ0) is 12.7. The van der Waals surface area contributed by atoms with Gasteiger partial charge in [0.15, 0.2) is 0 Å². The highest BCUT2D eigenvalue weighted by molar-refractivity contribution is 9.11. The summed E-state index contributed by atoms with van der Waals surface area (Å²) in [5.41, 5.74) is 1.39. The molecule has 100 valence electrons. The first-order valence-corrected chi connectivity index (χ1v) is 8.79. The molecule has 0 bridgehead atoms. The Bertz CT molecular complexity index is 399. The molecule has 0 spiro atoms. The monoisotopic (exact) mass is 327 g/mol. The topological polar surface area (TPSA) is 12.0 Å². The van der Waals surface area contributed by atoms with E-state index in [1.807, 2.05) is 11.3 Å². The van der Waals surface area contributed by atoms with E-state index < -0.39 is 0 Å². The second-order valence-electron chi connectivity index (χ2n) is 6.02. The van der Waals surface area contributed by atoms with Gasteiger partial charge >= 0.3 is 0 Å². The smallest absolute Gasteiger partial charge is 0.0731 e. The van der Waals surface area contributed by atoms with Gasteiger partial charge in [-0.05, 0) is 84.5 Å². The van der Waals surface area contributed by atoms with Crippen LogP contribution in [-0.4, -0.2) is 6.54 Å². The van der Waals surface area contributed by atoms with Gasteiger partial charge in [-0.15, -0.1) is 11.3 Å². The first kappa shape index (κ1) is 13.1. The zero-order valence-electron chi connectivity index (χ0n) is 11.2. The summed E-state index contributed by atoms with van der Waals surface area (Å²) in [6.45, 7) is 5.60. The Morgan fingerprint density at radius 2 is 2.11 bits per heavy atom. The molecule has 3 rings (SSSR count). The van der Waals surface area contributed by atoms with Crippen LogP contribution >= 0.6 is 27.3 Å². The Morgan fingerprint density at radius 1 is 1.39 bits per heavy atom. The fourth-order valence-corrected chi connectivity index (χ4v) is 5.21. The molecule has 1 aromatic rings. The number of hydrogen-bond donors (Lipinski definition) is 1. The van der Waals surface area contributed by atoms with E-state index in [1.165, 1.54) is 35.0 Å². The van der Waals surface area contributed by atoms with E-state index in [-0.39, 0.29) is 0 Å². The maximum atomic E-state index is 3.80. The molecule has 1 nitrogen and oxygen atoms in total. The normalized spacial score (nSPS) is 31.4. The van der Waals surface area contributed by atoms with Crippen LogP contribution in [-0.2, 0) is 0 Å². The second kappa shape index (κ2) is 5.26. The van der Waals surface area contributed by atoms with E-state index in [1.54, 1.807) is 4.88 Å². The quantitative estimate of drug-likeness (QED) is 0.810. The Labute approximate surface area is 122 Å². The molecule has 0 radical (unpaired) electrons. The largest absolute Gasteiger partial charge is 0.309 e. The van der Waals surface area contributed by atoms with Gasteiger partial charge in [0, 0.05) is 10.9 Å². The molecule has 2 fully saturated rings. The van der Waals surface area contributed by atoms with E-state index in [0.717, 1.165) is 24.3 Å². The molecule has 18 heavy (non-hydrogen) atoms. The van der Waals surface area contributed by atoms with Crippen LogP contribution < -0.4 is 5.32 Å². The summed E-state index contributed by atoms with van der Waals surface area (Å²) in [6, 6.07) is 2.99. The number of rotatable bonds is 5. The summed E-state index contributed by atoms with van der Waals surface area (Å²) in [5, 5.41) is 3.80. The molecule has 2 aliphatic rings. The van der Waals surface area contributed by atoms with Gasteiger partial charge in [0.1, 0.15) is 0 Å². The van der Waals surface area contributed by atoms with Crippen molar-refractivity contribution >= 4 is 27.3 Å². The van der Waals surface area contributed by atoms with Gasteiger partial charge in [0.05, 0.1) is 3.79 Å². The Balaban J connectivity index is 1.75. The summed E-state index contributed by atoms with van der Waals surface area (Å²) in [4.78, 5) is 1.54.